The summed E-state index contributed by atoms with van der Waals surface area (Å²) in [6.45, 7) is 0. The van der Waals surface area contributed by atoms with Crippen LogP contribution in [0.4, 0.5) is 8.78 Å². The number of aromatic nitrogens is 5. The molecule has 0 aliphatic rings. The van der Waals surface area contributed by atoms with Crippen LogP contribution < -0.4 is 0 Å². The molecule has 0 fully saturated rings. The summed E-state index contributed by atoms with van der Waals surface area (Å²) >= 11 is 1.24. The highest BCUT2D eigenvalue weighted by Crippen LogP contribution is 2.24. The van der Waals surface area contributed by atoms with Crippen molar-refractivity contribution in [3.05, 3.63) is 72.1 Å². The van der Waals surface area contributed by atoms with Crippen molar-refractivity contribution in [2.75, 3.05) is 0 Å². The van der Waals surface area contributed by atoms with E-state index in [0.29, 0.717) is 10.8 Å². The Balaban J connectivity index is 1.65. The van der Waals surface area contributed by atoms with E-state index in [1.807, 2.05) is 18.2 Å². The summed E-state index contributed by atoms with van der Waals surface area (Å²) in [7, 11) is 0. The lowest BCUT2D eigenvalue weighted by molar-refractivity contribution is 0.591. The van der Waals surface area contributed by atoms with Gasteiger partial charge in [0.1, 0.15) is 11.6 Å². The standard InChI is InChI=1S/C17H11F2N5S/c18-13-3-4-14(19)12(8-13)10-25-17-22-21-16-6-5-15(23-24(16)17)11-2-1-7-20-9-11/h1-9H,10H2. The van der Waals surface area contributed by atoms with Gasteiger partial charge in [-0.2, -0.15) is 9.61 Å². The van der Waals surface area contributed by atoms with Crippen LogP contribution in [0.5, 0.6) is 0 Å². The molecule has 124 valence electrons. The zero-order valence-electron chi connectivity index (χ0n) is 12.8. The highest BCUT2D eigenvalue weighted by molar-refractivity contribution is 7.98. The lowest BCUT2D eigenvalue weighted by Gasteiger charge is -2.04. The average molecular weight is 355 g/mol. The number of hydrogen-bond donors (Lipinski definition) is 0. The molecule has 3 aromatic heterocycles. The largest absolute Gasteiger partial charge is 0.264 e. The van der Waals surface area contributed by atoms with Gasteiger partial charge >= 0.3 is 0 Å². The quantitative estimate of drug-likeness (QED) is 0.522. The van der Waals surface area contributed by atoms with E-state index in [0.717, 1.165) is 23.4 Å². The zero-order valence-corrected chi connectivity index (χ0v) is 13.6. The highest BCUT2D eigenvalue weighted by Gasteiger charge is 2.11. The molecular formula is C17H11F2N5S. The first-order valence-electron chi connectivity index (χ1n) is 7.40. The summed E-state index contributed by atoms with van der Waals surface area (Å²) in [6, 6.07) is 10.8. The Morgan fingerprint density at radius 3 is 2.80 bits per heavy atom. The van der Waals surface area contributed by atoms with Crippen LogP contribution in [0.1, 0.15) is 5.56 Å². The van der Waals surface area contributed by atoms with Gasteiger partial charge in [0.2, 0.25) is 5.16 Å². The number of halogens is 2. The van der Waals surface area contributed by atoms with Crippen LogP contribution in [0.25, 0.3) is 16.9 Å². The van der Waals surface area contributed by atoms with Gasteiger partial charge in [-0.05, 0) is 42.5 Å². The fourth-order valence-corrected chi connectivity index (χ4v) is 3.18. The number of rotatable bonds is 4. The Bertz CT molecular complexity index is 1040. The molecule has 0 aliphatic carbocycles. The number of fused-ring (bicyclic) bond motifs is 1. The van der Waals surface area contributed by atoms with Crippen LogP contribution in [-0.4, -0.2) is 24.8 Å². The van der Waals surface area contributed by atoms with Crippen LogP contribution >= 0.6 is 11.8 Å². The Kier molecular flexibility index (Phi) is 4.10. The first-order valence-corrected chi connectivity index (χ1v) is 8.39. The lowest BCUT2D eigenvalue weighted by atomic mass is 10.2. The van der Waals surface area contributed by atoms with Gasteiger partial charge in [0.15, 0.2) is 5.65 Å². The molecule has 0 spiro atoms. The predicted molar refractivity (Wildman–Crippen MR) is 89.9 cm³/mol. The molecule has 0 radical (unpaired) electrons. The number of pyridine rings is 1. The molecule has 0 unspecified atom stereocenters. The molecule has 4 aromatic rings. The van der Waals surface area contributed by atoms with Crippen LogP contribution in [0, 0.1) is 11.6 Å². The maximum Gasteiger partial charge on any atom is 0.212 e. The van der Waals surface area contributed by atoms with Gasteiger partial charge in [-0.1, -0.05) is 11.8 Å². The maximum absolute atomic E-state index is 13.8. The summed E-state index contributed by atoms with van der Waals surface area (Å²) in [5, 5.41) is 13.2. The number of nitrogens with zero attached hydrogens (tertiary/aromatic N) is 5. The van der Waals surface area contributed by atoms with Gasteiger partial charge in [0, 0.05) is 29.3 Å². The van der Waals surface area contributed by atoms with E-state index in [4.69, 9.17) is 0 Å². The minimum absolute atomic E-state index is 0.225. The molecular weight excluding hydrogens is 344 g/mol. The first kappa shape index (κ1) is 15.6. The Morgan fingerprint density at radius 1 is 1.04 bits per heavy atom. The third-order valence-electron chi connectivity index (χ3n) is 3.56. The van der Waals surface area contributed by atoms with Gasteiger partial charge in [-0.15, -0.1) is 10.2 Å². The summed E-state index contributed by atoms with van der Waals surface area (Å²) in [5.74, 6) is -0.699. The molecule has 1 aromatic carbocycles. The zero-order chi connectivity index (χ0) is 17.2. The average Bonchev–Trinajstić information content (AvgIpc) is 3.05. The van der Waals surface area contributed by atoms with Crippen LogP contribution in [0.3, 0.4) is 0 Å². The predicted octanol–water partition coefficient (Wildman–Crippen LogP) is 3.76. The Morgan fingerprint density at radius 2 is 1.96 bits per heavy atom. The van der Waals surface area contributed by atoms with Gasteiger partial charge < -0.3 is 0 Å². The van der Waals surface area contributed by atoms with Crippen molar-refractivity contribution >= 4 is 17.4 Å². The van der Waals surface area contributed by atoms with Crippen LogP contribution in [0.2, 0.25) is 0 Å². The second-order valence-electron chi connectivity index (χ2n) is 5.24. The molecule has 0 saturated heterocycles. The van der Waals surface area contributed by atoms with Crippen molar-refractivity contribution in [1.29, 1.82) is 0 Å². The van der Waals surface area contributed by atoms with E-state index >= 15 is 0 Å². The third kappa shape index (κ3) is 3.20. The molecule has 0 bridgehead atoms. The SMILES string of the molecule is Fc1ccc(F)c(CSc2nnc3ccc(-c4cccnc4)nn23)c1. The van der Waals surface area contributed by atoms with Crippen molar-refractivity contribution in [3.8, 4) is 11.3 Å². The second-order valence-corrected chi connectivity index (χ2v) is 6.18. The Hall–Kier alpha value is -2.87. The van der Waals surface area contributed by atoms with Crippen molar-refractivity contribution < 1.29 is 8.78 Å². The number of thioether (sulfide) groups is 1. The molecule has 0 N–H and O–H groups in total. The third-order valence-corrected chi connectivity index (χ3v) is 4.52. The molecule has 0 atom stereocenters. The van der Waals surface area contributed by atoms with Crippen molar-refractivity contribution in [3.63, 3.8) is 0 Å². The van der Waals surface area contributed by atoms with Gasteiger partial charge in [0.25, 0.3) is 0 Å². The van der Waals surface area contributed by atoms with Crippen molar-refractivity contribution in [1.82, 2.24) is 24.8 Å². The number of hydrogen-bond acceptors (Lipinski definition) is 5. The molecule has 4 rings (SSSR count). The monoisotopic (exact) mass is 355 g/mol. The molecule has 5 nitrogen and oxygen atoms in total. The van der Waals surface area contributed by atoms with E-state index in [9.17, 15) is 8.78 Å². The van der Waals surface area contributed by atoms with Crippen molar-refractivity contribution in [2.45, 2.75) is 10.9 Å². The number of benzene rings is 1. The minimum atomic E-state index is -0.472. The van der Waals surface area contributed by atoms with E-state index < -0.39 is 11.6 Å². The molecule has 0 amide bonds. The molecule has 0 saturated carbocycles. The summed E-state index contributed by atoms with van der Waals surface area (Å²) in [4.78, 5) is 4.08. The molecule has 0 aliphatic heterocycles. The smallest absolute Gasteiger partial charge is 0.212 e. The lowest BCUT2D eigenvalue weighted by Crippen LogP contribution is -1.97. The van der Waals surface area contributed by atoms with Crippen LogP contribution in [0.15, 0.2) is 60.0 Å². The Labute approximate surface area is 145 Å². The summed E-state index contributed by atoms with van der Waals surface area (Å²) in [5.41, 5.74) is 2.43. The van der Waals surface area contributed by atoms with E-state index in [1.54, 1.807) is 23.0 Å². The minimum Gasteiger partial charge on any atom is -0.264 e. The molecule has 3 heterocycles. The van der Waals surface area contributed by atoms with E-state index in [1.165, 1.54) is 17.8 Å². The van der Waals surface area contributed by atoms with E-state index in [2.05, 4.69) is 20.3 Å². The normalized spacial score (nSPS) is 11.1. The molecule has 25 heavy (non-hydrogen) atoms. The fraction of sp³-hybridized carbons (Fsp3) is 0.0588. The highest BCUT2D eigenvalue weighted by atomic mass is 32.2. The molecule has 8 heteroatoms. The van der Waals surface area contributed by atoms with Crippen molar-refractivity contribution in [2.24, 2.45) is 0 Å². The van der Waals surface area contributed by atoms with Crippen LogP contribution in [-0.2, 0) is 5.75 Å². The second kappa shape index (κ2) is 6.56. The van der Waals surface area contributed by atoms with Gasteiger partial charge in [-0.25, -0.2) is 8.78 Å². The van der Waals surface area contributed by atoms with E-state index in [-0.39, 0.29) is 11.3 Å². The fourth-order valence-electron chi connectivity index (χ4n) is 2.32. The summed E-state index contributed by atoms with van der Waals surface area (Å²) in [6.07, 6.45) is 3.41. The maximum atomic E-state index is 13.8. The summed E-state index contributed by atoms with van der Waals surface area (Å²) < 4.78 is 28.6. The first-order chi connectivity index (χ1) is 12.2. The van der Waals surface area contributed by atoms with Gasteiger partial charge in [0.05, 0.1) is 5.69 Å². The van der Waals surface area contributed by atoms with Gasteiger partial charge in [-0.3, -0.25) is 4.98 Å². The topological polar surface area (TPSA) is 56.0 Å².